The number of benzene rings is 2. The molecule has 1 aliphatic carbocycles. The number of rotatable bonds is 4. The Kier molecular flexibility index (Phi) is 4.96. The molecule has 0 bridgehead atoms. The molecule has 1 aromatic heterocycles. The number of nitrogens with zero attached hydrogens (tertiary/aromatic N) is 3. The number of hydrogen-bond acceptors (Lipinski definition) is 6. The Morgan fingerprint density at radius 3 is 2.55 bits per heavy atom. The Morgan fingerprint density at radius 1 is 1.09 bits per heavy atom. The van der Waals surface area contributed by atoms with E-state index in [0.29, 0.717) is 47.2 Å². The van der Waals surface area contributed by atoms with Crippen LogP contribution in [0.15, 0.2) is 53.7 Å². The number of anilines is 1. The van der Waals surface area contributed by atoms with Crippen molar-refractivity contribution in [3.8, 4) is 22.9 Å². The summed E-state index contributed by atoms with van der Waals surface area (Å²) in [5, 5.41) is 8.09. The molecule has 7 nitrogen and oxygen atoms in total. The first-order valence-corrected chi connectivity index (χ1v) is 10.8. The van der Waals surface area contributed by atoms with E-state index in [0.717, 1.165) is 11.3 Å². The average Bonchev–Trinajstić information content (AvgIpc) is 3.20. The highest BCUT2D eigenvalue weighted by molar-refractivity contribution is 6.00. The quantitative estimate of drug-likeness (QED) is 0.620. The topological polar surface area (TPSA) is 78.3 Å². The molecule has 0 radical (unpaired) electrons. The van der Waals surface area contributed by atoms with E-state index in [1.54, 1.807) is 31.0 Å². The summed E-state index contributed by atoms with van der Waals surface area (Å²) in [6, 6.07) is 11.1. The van der Waals surface area contributed by atoms with Crippen LogP contribution in [0.25, 0.3) is 11.4 Å². The Morgan fingerprint density at radius 2 is 1.85 bits per heavy atom. The first-order valence-electron chi connectivity index (χ1n) is 10.8. The number of methoxy groups -OCH3 is 2. The Balaban J connectivity index is 1.73. The van der Waals surface area contributed by atoms with Gasteiger partial charge in [0.2, 0.25) is 5.95 Å². The molecule has 0 spiro atoms. The summed E-state index contributed by atoms with van der Waals surface area (Å²) in [5.74, 6) is 1.81. The number of aromatic nitrogens is 3. The fraction of sp³-hybridized carbons (Fsp3) is 0.320. The van der Waals surface area contributed by atoms with E-state index >= 15 is 0 Å². The van der Waals surface area contributed by atoms with Crippen molar-refractivity contribution in [1.29, 1.82) is 0 Å². The van der Waals surface area contributed by atoms with Crippen LogP contribution in [0.4, 0.5) is 10.3 Å². The number of fused-ring (bicyclic) bond motifs is 1. The number of carbonyl (C=O) groups is 1. The van der Waals surface area contributed by atoms with Crippen molar-refractivity contribution in [2.45, 2.75) is 32.7 Å². The van der Waals surface area contributed by atoms with E-state index in [1.165, 1.54) is 12.1 Å². The van der Waals surface area contributed by atoms with E-state index in [-0.39, 0.29) is 17.0 Å². The molecule has 1 aliphatic heterocycles. The lowest BCUT2D eigenvalue weighted by Gasteiger charge is -2.38. The van der Waals surface area contributed by atoms with Gasteiger partial charge < -0.3 is 14.8 Å². The molecule has 2 aromatic carbocycles. The van der Waals surface area contributed by atoms with Crippen LogP contribution in [0.3, 0.4) is 0 Å². The SMILES string of the molecule is COc1cccc(C2C3=C(CC(C)(C)CC3=O)Nc3nc(-c4ccc(F)cc4)nn32)c1OC. The Labute approximate surface area is 191 Å². The largest absolute Gasteiger partial charge is 0.493 e. The van der Waals surface area contributed by atoms with Crippen molar-refractivity contribution in [1.82, 2.24) is 14.8 Å². The molecule has 8 heteroatoms. The lowest BCUT2D eigenvalue weighted by Crippen LogP contribution is -2.36. The molecule has 2 heterocycles. The summed E-state index contributed by atoms with van der Waals surface area (Å²) in [6.45, 7) is 4.17. The first-order chi connectivity index (χ1) is 15.8. The minimum Gasteiger partial charge on any atom is -0.493 e. The molecule has 33 heavy (non-hydrogen) atoms. The van der Waals surface area contributed by atoms with Crippen LogP contribution in [0.1, 0.15) is 38.3 Å². The zero-order valence-corrected chi connectivity index (χ0v) is 19.0. The number of carbonyl (C=O) groups excluding carboxylic acids is 1. The minimum atomic E-state index is -0.536. The van der Waals surface area contributed by atoms with Gasteiger partial charge in [0.05, 0.1) is 14.2 Å². The molecule has 3 aromatic rings. The maximum absolute atomic E-state index is 13.5. The minimum absolute atomic E-state index is 0.0631. The zero-order valence-electron chi connectivity index (χ0n) is 19.0. The molecule has 5 rings (SSSR count). The highest BCUT2D eigenvalue weighted by atomic mass is 19.1. The van der Waals surface area contributed by atoms with Gasteiger partial charge in [-0.15, -0.1) is 5.10 Å². The van der Waals surface area contributed by atoms with E-state index in [4.69, 9.17) is 14.6 Å². The fourth-order valence-electron chi connectivity index (χ4n) is 4.75. The summed E-state index contributed by atoms with van der Waals surface area (Å²) in [5.41, 5.74) is 2.77. The number of Topliss-reactive ketones (excluding diaryl/α,β-unsaturated/α-hetero) is 1. The zero-order chi connectivity index (χ0) is 23.3. The number of nitrogens with one attached hydrogen (secondary N) is 1. The second-order valence-corrected chi connectivity index (χ2v) is 9.15. The summed E-state index contributed by atoms with van der Waals surface area (Å²) in [4.78, 5) is 18.1. The van der Waals surface area contributed by atoms with Crippen LogP contribution in [0.5, 0.6) is 11.5 Å². The lowest BCUT2D eigenvalue weighted by molar-refractivity contribution is -0.118. The van der Waals surface area contributed by atoms with Gasteiger partial charge in [-0.3, -0.25) is 4.79 Å². The second kappa shape index (κ2) is 7.72. The fourth-order valence-corrected chi connectivity index (χ4v) is 4.75. The van der Waals surface area contributed by atoms with E-state index in [1.807, 2.05) is 18.2 Å². The molecule has 0 saturated heterocycles. The molecule has 1 unspecified atom stereocenters. The number of ketones is 1. The Hall–Kier alpha value is -3.68. The lowest BCUT2D eigenvalue weighted by atomic mass is 9.73. The van der Waals surface area contributed by atoms with Crippen LogP contribution < -0.4 is 14.8 Å². The van der Waals surface area contributed by atoms with Crippen LogP contribution in [-0.2, 0) is 4.79 Å². The molecule has 1 atom stereocenters. The summed E-state index contributed by atoms with van der Waals surface area (Å²) in [6.07, 6.45) is 1.14. The van der Waals surface area contributed by atoms with Gasteiger partial charge in [0.1, 0.15) is 11.9 Å². The molecule has 2 aliphatic rings. The highest BCUT2D eigenvalue weighted by Crippen LogP contribution is 2.48. The summed E-state index contributed by atoms with van der Waals surface area (Å²) in [7, 11) is 3.16. The molecule has 1 N–H and O–H groups in total. The van der Waals surface area contributed by atoms with Crippen molar-refractivity contribution in [3.05, 3.63) is 65.1 Å². The third-order valence-electron chi connectivity index (χ3n) is 6.16. The van der Waals surface area contributed by atoms with Gasteiger partial charge in [-0.05, 0) is 42.2 Å². The first kappa shape index (κ1) is 21.2. The van der Waals surface area contributed by atoms with Crippen molar-refractivity contribution >= 4 is 11.7 Å². The molecular weight excluding hydrogens is 423 g/mol. The van der Waals surface area contributed by atoms with Crippen molar-refractivity contribution in [3.63, 3.8) is 0 Å². The number of halogens is 1. The average molecular weight is 448 g/mol. The van der Waals surface area contributed by atoms with E-state index in [2.05, 4.69) is 24.1 Å². The molecule has 170 valence electrons. The third-order valence-corrected chi connectivity index (χ3v) is 6.16. The van der Waals surface area contributed by atoms with Crippen molar-refractivity contribution < 1.29 is 18.7 Å². The maximum atomic E-state index is 13.5. The van der Waals surface area contributed by atoms with Gasteiger partial charge in [0.15, 0.2) is 23.1 Å². The maximum Gasteiger partial charge on any atom is 0.226 e. The van der Waals surface area contributed by atoms with Gasteiger partial charge in [0.25, 0.3) is 0 Å². The van der Waals surface area contributed by atoms with Gasteiger partial charge in [-0.1, -0.05) is 26.0 Å². The van der Waals surface area contributed by atoms with Crippen LogP contribution in [0.2, 0.25) is 0 Å². The van der Waals surface area contributed by atoms with E-state index in [9.17, 15) is 9.18 Å². The van der Waals surface area contributed by atoms with Crippen LogP contribution in [-0.4, -0.2) is 34.8 Å². The summed E-state index contributed by atoms with van der Waals surface area (Å²) >= 11 is 0. The van der Waals surface area contributed by atoms with Crippen molar-refractivity contribution in [2.24, 2.45) is 5.41 Å². The molecule has 0 amide bonds. The summed E-state index contributed by atoms with van der Waals surface area (Å²) < 4.78 is 26.4. The standard InChI is InChI=1S/C25H25FN4O3/c1-25(2)12-17-20(18(31)13-25)21(16-6-5-7-19(32-3)22(16)33-4)30-24(27-17)28-23(29-30)14-8-10-15(26)11-9-14/h5-11,21H,12-13H2,1-4H3,(H,27,28,29). The number of hydrogen-bond donors (Lipinski definition) is 1. The number of allylic oxidation sites excluding steroid dienone is 2. The predicted octanol–water partition coefficient (Wildman–Crippen LogP) is 4.76. The number of ether oxygens (including phenoxy) is 2. The normalized spacial score (nSPS) is 18.9. The molecule has 0 fully saturated rings. The number of para-hydroxylation sites is 1. The highest BCUT2D eigenvalue weighted by Gasteiger charge is 2.43. The Bertz CT molecular complexity index is 1280. The van der Waals surface area contributed by atoms with Crippen LogP contribution in [0, 0.1) is 11.2 Å². The van der Waals surface area contributed by atoms with Gasteiger partial charge in [-0.25, -0.2) is 9.07 Å². The van der Waals surface area contributed by atoms with Gasteiger partial charge in [0, 0.05) is 28.8 Å². The van der Waals surface area contributed by atoms with E-state index < -0.39 is 6.04 Å². The van der Waals surface area contributed by atoms with Gasteiger partial charge in [-0.2, -0.15) is 4.98 Å². The third kappa shape index (κ3) is 3.55. The smallest absolute Gasteiger partial charge is 0.226 e. The molecular formula is C25H25FN4O3. The van der Waals surface area contributed by atoms with Crippen LogP contribution >= 0.6 is 0 Å². The van der Waals surface area contributed by atoms with Gasteiger partial charge >= 0.3 is 0 Å². The monoisotopic (exact) mass is 448 g/mol. The second-order valence-electron chi connectivity index (χ2n) is 9.15. The molecule has 0 saturated carbocycles. The predicted molar refractivity (Wildman–Crippen MR) is 122 cm³/mol. The van der Waals surface area contributed by atoms with Crippen molar-refractivity contribution in [2.75, 3.05) is 19.5 Å².